The van der Waals surface area contributed by atoms with Crippen molar-refractivity contribution in [3.05, 3.63) is 72.4 Å². The minimum atomic E-state index is -0.485. The minimum Gasteiger partial charge on any atom is -0.369 e. The molecule has 0 unspecified atom stereocenters. The molecule has 1 aliphatic heterocycles. The standard InChI is InChI=1S/C26H24F2N6O/c1-2-18(35)12-16-6-8-21(27)19(13-16)24-20-15-29-33-25(20)32-26(31-24)30-17-7-9-22(28)23(14-17)34-10-4-3-5-11-34/h2,6-9,13-15H,1,3-5,10-12H2,(H2,29,30,31,32,33). The van der Waals surface area contributed by atoms with E-state index in [1.807, 2.05) is 4.90 Å². The molecule has 0 bridgehead atoms. The number of H-pyrrole nitrogens is 1. The number of nitrogens with zero attached hydrogens (tertiary/aromatic N) is 4. The maximum atomic E-state index is 14.9. The second-order valence-electron chi connectivity index (χ2n) is 8.53. The van der Waals surface area contributed by atoms with E-state index in [1.54, 1.807) is 24.3 Å². The van der Waals surface area contributed by atoms with Crippen molar-refractivity contribution < 1.29 is 13.6 Å². The Kier molecular flexibility index (Phi) is 6.22. The summed E-state index contributed by atoms with van der Waals surface area (Å²) in [5.41, 5.74) is 2.76. The molecule has 4 aromatic rings. The highest BCUT2D eigenvalue weighted by molar-refractivity contribution is 5.93. The highest BCUT2D eigenvalue weighted by atomic mass is 19.1. The third-order valence-electron chi connectivity index (χ3n) is 6.10. The number of benzene rings is 2. The Bertz CT molecular complexity index is 1410. The molecule has 35 heavy (non-hydrogen) atoms. The van der Waals surface area contributed by atoms with Gasteiger partial charge in [-0.15, -0.1) is 0 Å². The Hall–Kier alpha value is -4.14. The van der Waals surface area contributed by atoms with E-state index in [0.717, 1.165) is 32.4 Å². The fourth-order valence-electron chi connectivity index (χ4n) is 4.33. The third-order valence-corrected chi connectivity index (χ3v) is 6.10. The number of halogens is 2. The summed E-state index contributed by atoms with van der Waals surface area (Å²) in [4.78, 5) is 22.9. The summed E-state index contributed by atoms with van der Waals surface area (Å²) >= 11 is 0. The summed E-state index contributed by atoms with van der Waals surface area (Å²) in [6.45, 7) is 5.11. The Morgan fingerprint density at radius 3 is 2.69 bits per heavy atom. The van der Waals surface area contributed by atoms with Crippen LogP contribution in [0, 0.1) is 11.6 Å². The molecule has 7 nitrogen and oxygen atoms in total. The van der Waals surface area contributed by atoms with Crippen molar-refractivity contribution in [3.8, 4) is 11.3 Å². The number of piperidine rings is 1. The predicted octanol–water partition coefficient (Wildman–Crippen LogP) is 5.33. The number of anilines is 3. The highest BCUT2D eigenvalue weighted by Gasteiger charge is 2.18. The first kappa shape index (κ1) is 22.6. The zero-order valence-electron chi connectivity index (χ0n) is 19.0. The van der Waals surface area contributed by atoms with E-state index < -0.39 is 5.82 Å². The number of allylic oxidation sites excluding steroid dienone is 1. The van der Waals surface area contributed by atoms with Gasteiger partial charge in [-0.1, -0.05) is 12.6 Å². The molecule has 178 valence electrons. The van der Waals surface area contributed by atoms with E-state index in [2.05, 4.69) is 32.1 Å². The van der Waals surface area contributed by atoms with E-state index >= 15 is 0 Å². The third kappa shape index (κ3) is 4.75. The van der Waals surface area contributed by atoms with Crippen LogP contribution in [0.15, 0.2) is 55.3 Å². The van der Waals surface area contributed by atoms with Gasteiger partial charge in [0.2, 0.25) is 5.95 Å². The van der Waals surface area contributed by atoms with Crippen LogP contribution in [0.4, 0.5) is 26.1 Å². The first-order valence-corrected chi connectivity index (χ1v) is 11.5. The van der Waals surface area contributed by atoms with Crippen LogP contribution in [0.25, 0.3) is 22.3 Å². The van der Waals surface area contributed by atoms with E-state index in [9.17, 15) is 13.6 Å². The smallest absolute Gasteiger partial charge is 0.229 e. The molecule has 5 rings (SSSR count). The molecule has 1 aliphatic rings. The highest BCUT2D eigenvalue weighted by Crippen LogP contribution is 2.31. The van der Waals surface area contributed by atoms with Crippen molar-refractivity contribution in [2.45, 2.75) is 25.7 Å². The second kappa shape index (κ2) is 9.61. The average molecular weight is 475 g/mol. The van der Waals surface area contributed by atoms with Gasteiger partial charge in [0.15, 0.2) is 11.4 Å². The van der Waals surface area contributed by atoms with E-state index in [1.165, 1.54) is 24.4 Å². The van der Waals surface area contributed by atoms with E-state index in [4.69, 9.17) is 0 Å². The molecule has 0 aliphatic carbocycles. The van der Waals surface area contributed by atoms with Crippen molar-refractivity contribution in [1.29, 1.82) is 0 Å². The summed E-state index contributed by atoms with van der Waals surface area (Å²) in [7, 11) is 0. The van der Waals surface area contributed by atoms with Gasteiger partial charge in [0, 0.05) is 30.8 Å². The fourth-order valence-corrected chi connectivity index (χ4v) is 4.33. The zero-order valence-corrected chi connectivity index (χ0v) is 19.0. The molecule has 0 spiro atoms. The van der Waals surface area contributed by atoms with Gasteiger partial charge in [-0.2, -0.15) is 10.1 Å². The number of fused-ring (bicyclic) bond motifs is 1. The van der Waals surface area contributed by atoms with Crippen LogP contribution in [0.5, 0.6) is 0 Å². The van der Waals surface area contributed by atoms with Crippen molar-refractivity contribution in [2.75, 3.05) is 23.3 Å². The minimum absolute atomic E-state index is 0.107. The number of rotatable bonds is 7. The lowest BCUT2D eigenvalue weighted by Crippen LogP contribution is -2.30. The number of ketones is 1. The van der Waals surface area contributed by atoms with Crippen molar-refractivity contribution >= 4 is 34.1 Å². The molecule has 0 amide bonds. The number of nitrogens with one attached hydrogen (secondary N) is 2. The SMILES string of the molecule is C=CC(=O)Cc1ccc(F)c(-c2nc(Nc3ccc(F)c(N4CCCCC4)c3)nc3[nH]ncc23)c1. The number of aromatic nitrogens is 4. The first-order chi connectivity index (χ1) is 17.0. The molecule has 0 atom stereocenters. The second-order valence-corrected chi connectivity index (χ2v) is 8.53. The van der Waals surface area contributed by atoms with Gasteiger partial charge in [-0.05, 0) is 61.2 Å². The quantitative estimate of drug-likeness (QED) is 0.352. The lowest BCUT2D eigenvalue weighted by atomic mass is 10.0. The average Bonchev–Trinajstić information content (AvgIpc) is 3.35. The van der Waals surface area contributed by atoms with Gasteiger partial charge in [0.25, 0.3) is 0 Å². The van der Waals surface area contributed by atoms with Crippen LogP contribution in [-0.4, -0.2) is 39.0 Å². The van der Waals surface area contributed by atoms with Crippen molar-refractivity contribution in [3.63, 3.8) is 0 Å². The molecule has 2 N–H and O–H groups in total. The maximum Gasteiger partial charge on any atom is 0.229 e. The van der Waals surface area contributed by atoms with Gasteiger partial charge in [0.05, 0.1) is 23.0 Å². The number of carbonyl (C=O) groups excluding carboxylic acids is 1. The topological polar surface area (TPSA) is 86.8 Å². The molecular formula is C26H24F2N6O. The predicted molar refractivity (Wildman–Crippen MR) is 132 cm³/mol. The maximum absolute atomic E-state index is 14.9. The normalized spacial score (nSPS) is 13.7. The molecular weight excluding hydrogens is 450 g/mol. The molecule has 0 radical (unpaired) electrons. The molecule has 9 heteroatoms. The first-order valence-electron chi connectivity index (χ1n) is 11.5. The Balaban J connectivity index is 1.52. The molecule has 1 saturated heterocycles. The molecule has 1 fully saturated rings. The number of hydrogen-bond donors (Lipinski definition) is 2. The fraction of sp³-hybridized carbons (Fsp3) is 0.231. The van der Waals surface area contributed by atoms with Gasteiger partial charge in [-0.25, -0.2) is 13.8 Å². The summed E-state index contributed by atoms with van der Waals surface area (Å²) < 4.78 is 29.5. The number of aromatic amines is 1. The number of hydrogen-bond acceptors (Lipinski definition) is 6. The van der Waals surface area contributed by atoms with E-state index in [-0.39, 0.29) is 29.5 Å². The molecule has 0 saturated carbocycles. The van der Waals surface area contributed by atoms with Gasteiger partial charge < -0.3 is 10.2 Å². The summed E-state index contributed by atoms with van der Waals surface area (Å²) in [6, 6.07) is 9.25. The van der Waals surface area contributed by atoms with Gasteiger partial charge >= 0.3 is 0 Å². The van der Waals surface area contributed by atoms with Crippen LogP contribution in [0.2, 0.25) is 0 Å². The summed E-state index contributed by atoms with van der Waals surface area (Å²) in [5, 5.41) is 10.5. The van der Waals surface area contributed by atoms with Crippen molar-refractivity contribution in [2.24, 2.45) is 0 Å². The Labute approximate surface area is 200 Å². The van der Waals surface area contributed by atoms with Gasteiger partial charge in [0.1, 0.15) is 11.6 Å². The van der Waals surface area contributed by atoms with Crippen molar-refractivity contribution in [1.82, 2.24) is 20.2 Å². The molecule has 3 heterocycles. The summed E-state index contributed by atoms with van der Waals surface area (Å²) in [6.07, 6.45) is 6.09. The Morgan fingerprint density at radius 2 is 1.89 bits per heavy atom. The lowest BCUT2D eigenvalue weighted by Gasteiger charge is -2.29. The van der Waals surface area contributed by atoms with Crippen LogP contribution < -0.4 is 10.2 Å². The van der Waals surface area contributed by atoms with Crippen LogP contribution in [0.1, 0.15) is 24.8 Å². The molecule has 2 aromatic carbocycles. The largest absolute Gasteiger partial charge is 0.369 e. The summed E-state index contributed by atoms with van der Waals surface area (Å²) in [5.74, 6) is -0.723. The van der Waals surface area contributed by atoms with Crippen LogP contribution in [0.3, 0.4) is 0 Å². The zero-order chi connectivity index (χ0) is 24.4. The van der Waals surface area contributed by atoms with E-state index in [0.29, 0.717) is 33.7 Å². The Morgan fingerprint density at radius 1 is 1.09 bits per heavy atom. The number of carbonyl (C=O) groups is 1. The lowest BCUT2D eigenvalue weighted by molar-refractivity contribution is -0.114. The van der Waals surface area contributed by atoms with Gasteiger partial charge in [-0.3, -0.25) is 9.89 Å². The monoisotopic (exact) mass is 474 g/mol. The van der Waals surface area contributed by atoms with Crippen LogP contribution in [-0.2, 0) is 11.2 Å². The van der Waals surface area contributed by atoms with Crippen LogP contribution >= 0.6 is 0 Å². The molecule has 2 aromatic heterocycles.